The summed E-state index contributed by atoms with van der Waals surface area (Å²) in [6.45, 7) is 8.66. The fourth-order valence-electron chi connectivity index (χ4n) is 1.57. The van der Waals surface area contributed by atoms with Crippen molar-refractivity contribution < 1.29 is 0 Å². The molecule has 0 aromatic rings. The first-order valence-corrected chi connectivity index (χ1v) is 3.88. The van der Waals surface area contributed by atoms with E-state index in [1.807, 2.05) is 0 Å². The summed E-state index contributed by atoms with van der Waals surface area (Å²) in [7, 11) is 0. The molecular weight excluding hydrogens is 108 g/mol. The summed E-state index contributed by atoms with van der Waals surface area (Å²) in [6, 6.07) is 0. The van der Waals surface area contributed by atoms with E-state index in [0.29, 0.717) is 0 Å². The molecule has 1 aliphatic rings. The molecule has 0 nitrogen and oxygen atoms in total. The summed E-state index contributed by atoms with van der Waals surface area (Å²) in [5.74, 6) is 1.72. The van der Waals surface area contributed by atoms with E-state index in [1.54, 1.807) is 0 Å². The Balaban J connectivity index is 2.44. The average Bonchev–Trinajstić information content (AvgIpc) is 1.80. The number of hydrogen-bond acceptors (Lipinski definition) is 0. The molecule has 0 saturated heterocycles. The highest BCUT2D eigenvalue weighted by atomic mass is 14.2. The van der Waals surface area contributed by atoms with Crippen molar-refractivity contribution in [1.82, 2.24) is 0 Å². The minimum atomic E-state index is 0.786. The van der Waals surface area contributed by atoms with Crippen LogP contribution >= 0.6 is 0 Å². The van der Waals surface area contributed by atoms with Gasteiger partial charge in [0.2, 0.25) is 0 Å². The van der Waals surface area contributed by atoms with E-state index < -0.39 is 0 Å². The van der Waals surface area contributed by atoms with Gasteiger partial charge in [0.05, 0.1) is 0 Å². The molecule has 0 radical (unpaired) electrons. The van der Waals surface area contributed by atoms with Gasteiger partial charge in [-0.25, -0.2) is 0 Å². The summed E-state index contributed by atoms with van der Waals surface area (Å²) in [5, 5.41) is 0. The van der Waals surface area contributed by atoms with Crippen LogP contribution in [-0.4, -0.2) is 0 Å². The lowest BCUT2D eigenvalue weighted by molar-refractivity contribution is 0.372. The van der Waals surface area contributed by atoms with E-state index >= 15 is 0 Å². The Kier molecular flexibility index (Phi) is 1.94. The molecular formula is C9H16. The van der Waals surface area contributed by atoms with E-state index in [-0.39, 0.29) is 0 Å². The number of allylic oxidation sites excluding steroid dienone is 1. The summed E-state index contributed by atoms with van der Waals surface area (Å²) >= 11 is 0. The maximum Gasteiger partial charge on any atom is -0.0232 e. The van der Waals surface area contributed by atoms with Gasteiger partial charge in [-0.3, -0.25) is 0 Å². The molecule has 1 fully saturated rings. The number of rotatable bonds is 0. The lowest BCUT2D eigenvalue weighted by Gasteiger charge is -2.25. The molecule has 0 N–H and O–H groups in total. The van der Waals surface area contributed by atoms with Gasteiger partial charge < -0.3 is 0 Å². The van der Waals surface area contributed by atoms with Crippen LogP contribution in [0.25, 0.3) is 0 Å². The second kappa shape index (κ2) is 2.55. The third-order valence-electron chi connectivity index (χ3n) is 2.41. The van der Waals surface area contributed by atoms with Gasteiger partial charge in [0, 0.05) is 0 Å². The topological polar surface area (TPSA) is 0 Å². The Morgan fingerprint density at radius 3 is 2.56 bits per heavy atom. The van der Waals surface area contributed by atoms with Crippen LogP contribution in [0.1, 0.15) is 33.1 Å². The standard InChI is InChI=1S/C9H16/c1-7-4-5-8(2)9(3)6-7/h7,9H,2,4-6H2,1,3H3/t7?,9-/m1/s1. The zero-order valence-electron chi connectivity index (χ0n) is 6.48. The van der Waals surface area contributed by atoms with Gasteiger partial charge in [0.15, 0.2) is 0 Å². The second-order valence-corrected chi connectivity index (χ2v) is 3.44. The third-order valence-corrected chi connectivity index (χ3v) is 2.41. The highest BCUT2D eigenvalue weighted by Gasteiger charge is 2.17. The Morgan fingerprint density at radius 1 is 1.44 bits per heavy atom. The first-order valence-electron chi connectivity index (χ1n) is 3.88. The normalized spacial score (nSPS) is 36.9. The SMILES string of the molecule is C=C1CCC(C)C[C@H]1C. The van der Waals surface area contributed by atoms with Crippen molar-refractivity contribution in [3.05, 3.63) is 12.2 Å². The van der Waals surface area contributed by atoms with Crippen LogP contribution in [0.3, 0.4) is 0 Å². The Bertz CT molecular complexity index is 113. The summed E-state index contributed by atoms with van der Waals surface area (Å²) in [4.78, 5) is 0. The molecule has 1 unspecified atom stereocenters. The van der Waals surface area contributed by atoms with Crippen molar-refractivity contribution in [1.29, 1.82) is 0 Å². The fraction of sp³-hybridized carbons (Fsp3) is 0.778. The van der Waals surface area contributed by atoms with E-state index in [9.17, 15) is 0 Å². The molecule has 9 heavy (non-hydrogen) atoms. The maximum atomic E-state index is 4.03. The molecule has 0 bridgehead atoms. The van der Waals surface area contributed by atoms with Gasteiger partial charge in [-0.05, 0) is 31.1 Å². The first kappa shape index (κ1) is 6.85. The van der Waals surface area contributed by atoms with Crippen LogP contribution < -0.4 is 0 Å². The van der Waals surface area contributed by atoms with Crippen molar-refractivity contribution in [2.75, 3.05) is 0 Å². The molecule has 2 atom stereocenters. The molecule has 1 aliphatic carbocycles. The molecule has 0 aromatic carbocycles. The zero-order chi connectivity index (χ0) is 6.85. The zero-order valence-corrected chi connectivity index (χ0v) is 6.48. The summed E-state index contributed by atoms with van der Waals surface area (Å²) in [5.41, 5.74) is 1.47. The lowest BCUT2D eigenvalue weighted by atomic mass is 9.81. The lowest BCUT2D eigenvalue weighted by Crippen LogP contribution is -2.12. The first-order chi connectivity index (χ1) is 4.20. The van der Waals surface area contributed by atoms with E-state index in [1.165, 1.54) is 24.8 Å². The second-order valence-electron chi connectivity index (χ2n) is 3.44. The predicted octanol–water partition coefficient (Wildman–Crippen LogP) is 3.00. The van der Waals surface area contributed by atoms with Gasteiger partial charge in [0.25, 0.3) is 0 Å². The molecule has 1 rings (SSSR count). The van der Waals surface area contributed by atoms with Gasteiger partial charge in [-0.2, -0.15) is 0 Å². The maximum absolute atomic E-state index is 4.03. The molecule has 0 aliphatic heterocycles. The molecule has 0 amide bonds. The fourth-order valence-corrected chi connectivity index (χ4v) is 1.57. The largest absolute Gasteiger partial charge is 0.0996 e. The molecule has 0 heteroatoms. The Morgan fingerprint density at radius 2 is 2.11 bits per heavy atom. The highest BCUT2D eigenvalue weighted by molar-refractivity contribution is 5.02. The van der Waals surface area contributed by atoms with Crippen molar-refractivity contribution in [3.63, 3.8) is 0 Å². The highest BCUT2D eigenvalue weighted by Crippen LogP contribution is 2.31. The molecule has 0 heterocycles. The average molecular weight is 124 g/mol. The van der Waals surface area contributed by atoms with E-state index in [0.717, 1.165) is 11.8 Å². The van der Waals surface area contributed by atoms with Gasteiger partial charge in [-0.1, -0.05) is 26.0 Å². The quantitative estimate of drug-likeness (QED) is 0.435. The van der Waals surface area contributed by atoms with Crippen molar-refractivity contribution in [2.45, 2.75) is 33.1 Å². The number of hydrogen-bond donors (Lipinski definition) is 0. The van der Waals surface area contributed by atoms with Gasteiger partial charge in [-0.15, -0.1) is 0 Å². The monoisotopic (exact) mass is 124 g/mol. The third kappa shape index (κ3) is 1.57. The molecule has 0 aromatic heterocycles. The molecule has 0 spiro atoms. The van der Waals surface area contributed by atoms with E-state index in [2.05, 4.69) is 20.4 Å². The van der Waals surface area contributed by atoms with Crippen molar-refractivity contribution >= 4 is 0 Å². The smallest absolute Gasteiger partial charge is 0.0232 e. The van der Waals surface area contributed by atoms with Gasteiger partial charge >= 0.3 is 0 Å². The predicted molar refractivity (Wildman–Crippen MR) is 41.3 cm³/mol. The van der Waals surface area contributed by atoms with Crippen LogP contribution in [0.15, 0.2) is 12.2 Å². The Labute approximate surface area is 58.0 Å². The molecule has 52 valence electrons. The van der Waals surface area contributed by atoms with Crippen molar-refractivity contribution in [2.24, 2.45) is 11.8 Å². The van der Waals surface area contributed by atoms with Gasteiger partial charge in [0.1, 0.15) is 0 Å². The van der Waals surface area contributed by atoms with Crippen LogP contribution in [-0.2, 0) is 0 Å². The van der Waals surface area contributed by atoms with Crippen LogP contribution in [0.5, 0.6) is 0 Å². The van der Waals surface area contributed by atoms with Crippen LogP contribution in [0.4, 0.5) is 0 Å². The van der Waals surface area contributed by atoms with Crippen LogP contribution in [0.2, 0.25) is 0 Å². The van der Waals surface area contributed by atoms with Crippen molar-refractivity contribution in [3.8, 4) is 0 Å². The summed E-state index contributed by atoms with van der Waals surface area (Å²) in [6.07, 6.45) is 3.99. The minimum Gasteiger partial charge on any atom is -0.0996 e. The summed E-state index contributed by atoms with van der Waals surface area (Å²) < 4.78 is 0. The molecule has 1 saturated carbocycles. The Hall–Kier alpha value is -0.260. The van der Waals surface area contributed by atoms with E-state index in [4.69, 9.17) is 0 Å². The van der Waals surface area contributed by atoms with Crippen LogP contribution in [0, 0.1) is 11.8 Å². The minimum absolute atomic E-state index is 0.786.